The van der Waals surface area contributed by atoms with Gasteiger partial charge in [-0.25, -0.2) is 9.59 Å². The lowest BCUT2D eigenvalue weighted by Crippen LogP contribution is -2.49. The van der Waals surface area contributed by atoms with Gasteiger partial charge in [-0.15, -0.1) is 0 Å². The number of hydrogen-bond donors (Lipinski definition) is 3. The largest absolute Gasteiger partial charge is 0.480 e. The lowest BCUT2D eigenvalue weighted by Gasteiger charge is -2.27. The highest BCUT2D eigenvalue weighted by Crippen LogP contribution is 2.17. The van der Waals surface area contributed by atoms with Crippen LogP contribution in [-0.4, -0.2) is 47.0 Å². The van der Waals surface area contributed by atoms with Crippen molar-refractivity contribution in [3.8, 4) is 0 Å². The van der Waals surface area contributed by atoms with Gasteiger partial charge in [0.05, 0.1) is 0 Å². The average Bonchev–Trinajstić information content (AvgIpc) is 2.59. The van der Waals surface area contributed by atoms with Gasteiger partial charge in [-0.2, -0.15) is 0 Å². The number of likely N-dealkylation sites (tertiary alicyclic amines) is 1. The molecule has 0 aromatic carbocycles. The van der Waals surface area contributed by atoms with Crippen molar-refractivity contribution >= 4 is 17.9 Å². The molecule has 1 atom stereocenters. The Bertz CT molecular complexity index is 346. The number of carboxylic acids is 1. The van der Waals surface area contributed by atoms with Gasteiger partial charge in [-0.1, -0.05) is 12.8 Å². The molecule has 1 aliphatic heterocycles. The summed E-state index contributed by atoms with van der Waals surface area (Å²) in [5.41, 5.74) is 4.99. The monoisotopic (exact) mass is 271 g/mol. The summed E-state index contributed by atoms with van der Waals surface area (Å²) in [4.78, 5) is 35.0. The van der Waals surface area contributed by atoms with E-state index in [2.05, 4.69) is 5.32 Å². The van der Waals surface area contributed by atoms with Crippen LogP contribution in [0, 0.1) is 0 Å². The first kappa shape index (κ1) is 15.3. The predicted molar refractivity (Wildman–Crippen MR) is 68.4 cm³/mol. The number of nitrogens with one attached hydrogen (secondary N) is 1. The summed E-state index contributed by atoms with van der Waals surface area (Å²) < 4.78 is 0. The third-order valence-corrected chi connectivity index (χ3v) is 3.17. The van der Waals surface area contributed by atoms with E-state index >= 15 is 0 Å². The van der Waals surface area contributed by atoms with Crippen LogP contribution in [0.3, 0.4) is 0 Å². The number of hydrogen-bond acceptors (Lipinski definition) is 3. The van der Waals surface area contributed by atoms with E-state index in [1.54, 1.807) is 0 Å². The molecular weight excluding hydrogens is 250 g/mol. The molecule has 1 fully saturated rings. The van der Waals surface area contributed by atoms with Crippen molar-refractivity contribution in [3.63, 3.8) is 0 Å². The molecule has 0 aromatic rings. The summed E-state index contributed by atoms with van der Waals surface area (Å²) in [6.07, 6.45) is 3.75. The Morgan fingerprint density at radius 2 is 2.00 bits per heavy atom. The topological polar surface area (TPSA) is 113 Å². The molecule has 1 saturated heterocycles. The second-order valence-corrected chi connectivity index (χ2v) is 4.70. The third kappa shape index (κ3) is 5.15. The number of rotatable bonds is 5. The summed E-state index contributed by atoms with van der Waals surface area (Å²) in [6.45, 7) is 0.781. The number of aliphatic carboxylic acids is 1. The first-order chi connectivity index (χ1) is 9.02. The minimum Gasteiger partial charge on any atom is -0.480 e. The number of primary amides is 1. The molecular formula is C12H21N3O4. The molecule has 1 unspecified atom stereocenters. The molecule has 4 N–H and O–H groups in total. The molecule has 3 amide bonds. The van der Waals surface area contributed by atoms with Gasteiger partial charge in [0.15, 0.2) is 0 Å². The molecule has 7 nitrogen and oxygen atoms in total. The third-order valence-electron chi connectivity index (χ3n) is 3.17. The smallest absolute Gasteiger partial charge is 0.326 e. The minimum absolute atomic E-state index is 0.211. The fraction of sp³-hybridized carbons (Fsp3) is 0.750. The van der Waals surface area contributed by atoms with Gasteiger partial charge in [-0.3, -0.25) is 4.79 Å². The Balaban J connectivity index is 2.46. The fourth-order valence-electron chi connectivity index (χ4n) is 2.17. The molecule has 1 rings (SSSR count). The van der Waals surface area contributed by atoms with Crippen LogP contribution >= 0.6 is 0 Å². The lowest BCUT2D eigenvalue weighted by molar-refractivity contribution is -0.142. The van der Waals surface area contributed by atoms with E-state index in [0.29, 0.717) is 25.9 Å². The maximum absolute atomic E-state index is 11.9. The number of carbonyl (C=O) groups excluding carboxylic acids is 2. The molecule has 108 valence electrons. The molecule has 0 aliphatic carbocycles. The van der Waals surface area contributed by atoms with Gasteiger partial charge >= 0.3 is 12.0 Å². The maximum Gasteiger partial charge on any atom is 0.326 e. The number of amides is 3. The van der Waals surface area contributed by atoms with E-state index in [1.807, 2.05) is 0 Å². The van der Waals surface area contributed by atoms with Crippen molar-refractivity contribution in [2.24, 2.45) is 5.73 Å². The molecule has 19 heavy (non-hydrogen) atoms. The summed E-state index contributed by atoms with van der Waals surface area (Å²) in [5.74, 6) is -1.37. The van der Waals surface area contributed by atoms with E-state index in [1.165, 1.54) is 4.90 Å². The molecule has 0 aromatic heterocycles. The Labute approximate surface area is 112 Å². The van der Waals surface area contributed by atoms with Gasteiger partial charge in [0.2, 0.25) is 5.91 Å². The number of nitrogens with zero attached hydrogens (tertiary/aromatic N) is 1. The highest BCUT2D eigenvalue weighted by molar-refractivity contribution is 5.82. The lowest BCUT2D eigenvalue weighted by atomic mass is 10.1. The Hall–Kier alpha value is -1.79. The van der Waals surface area contributed by atoms with Crippen molar-refractivity contribution in [1.82, 2.24) is 10.2 Å². The van der Waals surface area contributed by atoms with Crippen LogP contribution in [0.2, 0.25) is 0 Å². The van der Waals surface area contributed by atoms with Crippen LogP contribution in [-0.2, 0) is 9.59 Å². The SMILES string of the molecule is NC(=O)CCCNC(=O)N1CCCCCC1C(=O)O. The zero-order valence-corrected chi connectivity index (χ0v) is 10.9. The van der Waals surface area contributed by atoms with E-state index in [-0.39, 0.29) is 12.5 Å². The van der Waals surface area contributed by atoms with E-state index < -0.39 is 17.9 Å². The van der Waals surface area contributed by atoms with Gasteiger partial charge in [-0.05, 0) is 19.3 Å². The number of nitrogens with two attached hydrogens (primary N) is 1. The van der Waals surface area contributed by atoms with E-state index in [4.69, 9.17) is 10.8 Å². The number of carboxylic acid groups (broad SMARTS) is 1. The van der Waals surface area contributed by atoms with Crippen LogP contribution in [0.4, 0.5) is 4.79 Å². The Morgan fingerprint density at radius 1 is 1.26 bits per heavy atom. The summed E-state index contributed by atoms with van der Waals surface area (Å²) >= 11 is 0. The summed E-state index contributed by atoms with van der Waals surface area (Å²) in [5, 5.41) is 11.8. The Morgan fingerprint density at radius 3 is 2.63 bits per heavy atom. The predicted octanol–water partition coefficient (Wildman–Crippen LogP) is 0.291. The van der Waals surface area contributed by atoms with E-state index in [9.17, 15) is 14.4 Å². The summed E-state index contributed by atoms with van der Waals surface area (Å²) in [7, 11) is 0. The fourth-order valence-corrected chi connectivity index (χ4v) is 2.17. The molecule has 1 aliphatic rings. The summed E-state index contributed by atoms with van der Waals surface area (Å²) in [6, 6.07) is -1.13. The first-order valence-corrected chi connectivity index (χ1v) is 6.58. The van der Waals surface area contributed by atoms with Crippen molar-refractivity contribution in [2.75, 3.05) is 13.1 Å². The zero-order chi connectivity index (χ0) is 14.3. The van der Waals surface area contributed by atoms with Crippen molar-refractivity contribution in [3.05, 3.63) is 0 Å². The second-order valence-electron chi connectivity index (χ2n) is 4.70. The molecule has 0 bridgehead atoms. The quantitative estimate of drug-likeness (QED) is 0.624. The highest BCUT2D eigenvalue weighted by atomic mass is 16.4. The van der Waals surface area contributed by atoms with Crippen LogP contribution < -0.4 is 11.1 Å². The Kier molecular flexibility index (Phi) is 6.11. The number of urea groups is 1. The van der Waals surface area contributed by atoms with Crippen molar-refractivity contribution < 1.29 is 19.5 Å². The zero-order valence-electron chi connectivity index (χ0n) is 10.9. The molecule has 0 spiro atoms. The number of carbonyl (C=O) groups is 3. The molecule has 0 saturated carbocycles. The maximum atomic E-state index is 11.9. The van der Waals surface area contributed by atoms with Crippen molar-refractivity contribution in [2.45, 2.75) is 44.6 Å². The van der Waals surface area contributed by atoms with Crippen LogP contribution in [0.25, 0.3) is 0 Å². The minimum atomic E-state index is -0.964. The molecule has 1 heterocycles. The second kappa shape index (κ2) is 7.60. The van der Waals surface area contributed by atoms with E-state index in [0.717, 1.165) is 19.3 Å². The van der Waals surface area contributed by atoms with Gasteiger partial charge in [0.1, 0.15) is 6.04 Å². The van der Waals surface area contributed by atoms with Gasteiger partial charge in [0, 0.05) is 19.5 Å². The van der Waals surface area contributed by atoms with Crippen LogP contribution in [0.1, 0.15) is 38.5 Å². The van der Waals surface area contributed by atoms with Gasteiger partial charge < -0.3 is 21.1 Å². The van der Waals surface area contributed by atoms with Crippen LogP contribution in [0.5, 0.6) is 0 Å². The molecule has 0 radical (unpaired) electrons. The average molecular weight is 271 g/mol. The van der Waals surface area contributed by atoms with Crippen LogP contribution in [0.15, 0.2) is 0 Å². The first-order valence-electron chi connectivity index (χ1n) is 6.58. The van der Waals surface area contributed by atoms with Crippen molar-refractivity contribution in [1.29, 1.82) is 0 Å². The highest BCUT2D eigenvalue weighted by Gasteiger charge is 2.30. The van der Waals surface area contributed by atoms with Gasteiger partial charge in [0.25, 0.3) is 0 Å². The molecule has 7 heteroatoms. The standard InChI is InChI=1S/C12H21N3O4/c13-10(16)6-4-7-14-12(19)15-8-3-1-2-5-9(15)11(17)18/h9H,1-8H2,(H2,13,16)(H,14,19)(H,17,18). The normalized spacial score (nSPS) is 19.6.